The molecular weight excluding hydrogens is 288 g/mol. The van der Waals surface area contributed by atoms with E-state index in [1.54, 1.807) is 6.33 Å². The molecule has 2 aromatic rings. The van der Waals surface area contributed by atoms with Crippen LogP contribution in [0.2, 0.25) is 0 Å². The van der Waals surface area contributed by atoms with Gasteiger partial charge in [0.05, 0.1) is 0 Å². The summed E-state index contributed by atoms with van der Waals surface area (Å²) in [5.74, 6) is 1.67. The molecule has 1 atom stereocenters. The molecule has 118 valence electrons. The molecule has 4 rings (SSSR count). The van der Waals surface area contributed by atoms with Gasteiger partial charge in [-0.15, -0.1) is 0 Å². The topological polar surface area (TPSA) is 59.4 Å². The molecule has 0 radical (unpaired) electrons. The molecule has 1 unspecified atom stereocenters. The lowest BCUT2D eigenvalue weighted by Gasteiger charge is -2.30. The van der Waals surface area contributed by atoms with Gasteiger partial charge in [-0.2, -0.15) is 0 Å². The first-order chi connectivity index (χ1) is 11.2. The SMILES string of the molecule is CNc1ncncc1-c1ccc2c(c1)CC1(CC2)COC(C)=N1. The van der Waals surface area contributed by atoms with Crippen molar-refractivity contribution in [2.45, 2.75) is 31.7 Å². The summed E-state index contributed by atoms with van der Waals surface area (Å²) in [6, 6.07) is 6.66. The Balaban J connectivity index is 1.73. The minimum atomic E-state index is -0.0608. The normalized spacial score (nSPS) is 22.4. The van der Waals surface area contributed by atoms with Gasteiger partial charge in [0.1, 0.15) is 24.3 Å². The zero-order valence-electron chi connectivity index (χ0n) is 13.5. The van der Waals surface area contributed by atoms with Crippen LogP contribution in [0.5, 0.6) is 0 Å². The Labute approximate surface area is 135 Å². The molecule has 0 amide bonds. The standard InChI is InChI=1S/C18H20N4O/c1-12-22-18(10-23-12)6-5-13-3-4-14(7-15(13)8-18)16-9-20-11-21-17(16)19-2/h3-4,7,9,11H,5-6,8,10H2,1-2H3,(H,19,20,21). The Morgan fingerprint density at radius 1 is 1.26 bits per heavy atom. The third-order valence-corrected chi connectivity index (χ3v) is 4.79. The molecule has 1 aliphatic carbocycles. The van der Waals surface area contributed by atoms with E-state index in [1.807, 2.05) is 20.2 Å². The lowest BCUT2D eigenvalue weighted by Crippen LogP contribution is -2.35. The van der Waals surface area contributed by atoms with Crippen LogP contribution in [0, 0.1) is 0 Å². The molecule has 2 aliphatic rings. The van der Waals surface area contributed by atoms with Gasteiger partial charge >= 0.3 is 0 Å². The number of hydrogen-bond acceptors (Lipinski definition) is 5. The number of anilines is 1. The van der Waals surface area contributed by atoms with E-state index in [2.05, 4.69) is 33.5 Å². The molecule has 0 fully saturated rings. The molecule has 0 saturated carbocycles. The summed E-state index contributed by atoms with van der Waals surface area (Å²) in [5, 5.41) is 3.14. The van der Waals surface area contributed by atoms with Crippen LogP contribution in [0.15, 0.2) is 35.7 Å². The number of nitrogens with zero attached hydrogens (tertiary/aromatic N) is 3. The summed E-state index contributed by atoms with van der Waals surface area (Å²) in [6.07, 6.45) is 6.49. The molecule has 1 aromatic heterocycles. The molecule has 0 saturated heterocycles. The molecular formula is C18H20N4O. The van der Waals surface area contributed by atoms with Crippen LogP contribution in [-0.4, -0.2) is 35.1 Å². The van der Waals surface area contributed by atoms with E-state index in [0.717, 1.165) is 42.1 Å². The molecule has 1 spiro atoms. The number of aryl methyl sites for hydroxylation is 1. The van der Waals surface area contributed by atoms with Crippen molar-refractivity contribution >= 4 is 11.7 Å². The van der Waals surface area contributed by atoms with E-state index >= 15 is 0 Å². The minimum Gasteiger partial charge on any atom is -0.479 e. The van der Waals surface area contributed by atoms with Crippen LogP contribution >= 0.6 is 0 Å². The molecule has 1 aromatic carbocycles. The molecule has 1 N–H and O–H groups in total. The van der Waals surface area contributed by atoms with Crippen molar-refractivity contribution in [2.75, 3.05) is 19.0 Å². The number of fused-ring (bicyclic) bond motifs is 1. The van der Waals surface area contributed by atoms with Crippen LogP contribution in [-0.2, 0) is 17.6 Å². The first-order valence-electron chi connectivity index (χ1n) is 7.98. The zero-order chi connectivity index (χ0) is 15.9. The first-order valence-corrected chi connectivity index (χ1v) is 7.98. The average Bonchev–Trinajstić information content (AvgIpc) is 2.94. The van der Waals surface area contributed by atoms with E-state index in [4.69, 9.17) is 9.73 Å². The Bertz CT molecular complexity index is 786. The number of aliphatic imine (C=N–C) groups is 1. The predicted octanol–water partition coefficient (Wildman–Crippen LogP) is 2.86. The first kappa shape index (κ1) is 14.2. The predicted molar refractivity (Wildman–Crippen MR) is 90.8 cm³/mol. The third kappa shape index (κ3) is 2.46. The lowest BCUT2D eigenvalue weighted by atomic mass is 9.78. The maximum atomic E-state index is 5.63. The lowest BCUT2D eigenvalue weighted by molar-refractivity contribution is 0.236. The molecule has 5 heteroatoms. The van der Waals surface area contributed by atoms with Crippen molar-refractivity contribution in [3.05, 3.63) is 41.9 Å². The van der Waals surface area contributed by atoms with Gasteiger partial charge in [-0.3, -0.25) is 0 Å². The number of benzene rings is 1. The highest BCUT2D eigenvalue weighted by Gasteiger charge is 2.38. The summed E-state index contributed by atoms with van der Waals surface area (Å²) in [7, 11) is 1.88. The number of ether oxygens (including phenoxy) is 1. The van der Waals surface area contributed by atoms with Gasteiger partial charge in [0.15, 0.2) is 5.90 Å². The van der Waals surface area contributed by atoms with E-state index in [-0.39, 0.29) is 5.54 Å². The summed E-state index contributed by atoms with van der Waals surface area (Å²) in [6.45, 7) is 2.65. The summed E-state index contributed by atoms with van der Waals surface area (Å²) < 4.78 is 5.63. The number of rotatable bonds is 2. The van der Waals surface area contributed by atoms with Gasteiger partial charge in [0, 0.05) is 32.2 Å². The average molecular weight is 308 g/mol. The highest BCUT2D eigenvalue weighted by molar-refractivity contribution is 5.76. The zero-order valence-corrected chi connectivity index (χ0v) is 13.5. The quantitative estimate of drug-likeness (QED) is 0.927. The smallest absolute Gasteiger partial charge is 0.180 e. The van der Waals surface area contributed by atoms with Gasteiger partial charge in [-0.05, 0) is 29.5 Å². The largest absolute Gasteiger partial charge is 0.479 e. The Kier molecular flexibility index (Phi) is 3.29. The van der Waals surface area contributed by atoms with Crippen LogP contribution in [0.1, 0.15) is 24.5 Å². The van der Waals surface area contributed by atoms with Crippen molar-refractivity contribution in [1.82, 2.24) is 9.97 Å². The minimum absolute atomic E-state index is 0.0608. The molecule has 0 bridgehead atoms. The third-order valence-electron chi connectivity index (χ3n) is 4.79. The Morgan fingerprint density at radius 3 is 2.96 bits per heavy atom. The van der Waals surface area contributed by atoms with Crippen molar-refractivity contribution in [3.63, 3.8) is 0 Å². The van der Waals surface area contributed by atoms with E-state index in [0.29, 0.717) is 6.61 Å². The fourth-order valence-electron chi connectivity index (χ4n) is 3.61. The fraction of sp³-hybridized carbons (Fsp3) is 0.389. The molecule has 2 heterocycles. The Hall–Kier alpha value is -2.43. The van der Waals surface area contributed by atoms with Crippen molar-refractivity contribution in [2.24, 2.45) is 4.99 Å². The molecule has 1 aliphatic heterocycles. The summed E-state index contributed by atoms with van der Waals surface area (Å²) in [5.41, 5.74) is 4.89. The highest BCUT2D eigenvalue weighted by atomic mass is 16.5. The van der Waals surface area contributed by atoms with Crippen molar-refractivity contribution < 1.29 is 4.74 Å². The van der Waals surface area contributed by atoms with Gasteiger partial charge in [-0.1, -0.05) is 18.2 Å². The number of nitrogens with one attached hydrogen (secondary N) is 1. The fourth-order valence-corrected chi connectivity index (χ4v) is 3.61. The molecule has 23 heavy (non-hydrogen) atoms. The second-order valence-corrected chi connectivity index (χ2v) is 6.34. The van der Waals surface area contributed by atoms with E-state index in [9.17, 15) is 0 Å². The van der Waals surface area contributed by atoms with Gasteiger partial charge in [0.25, 0.3) is 0 Å². The van der Waals surface area contributed by atoms with Crippen molar-refractivity contribution in [1.29, 1.82) is 0 Å². The second-order valence-electron chi connectivity index (χ2n) is 6.34. The van der Waals surface area contributed by atoms with Crippen LogP contribution in [0.25, 0.3) is 11.1 Å². The summed E-state index contributed by atoms with van der Waals surface area (Å²) >= 11 is 0. The van der Waals surface area contributed by atoms with Gasteiger partial charge < -0.3 is 10.1 Å². The molecule has 5 nitrogen and oxygen atoms in total. The number of hydrogen-bond donors (Lipinski definition) is 1. The van der Waals surface area contributed by atoms with Crippen LogP contribution in [0.4, 0.5) is 5.82 Å². The maximum Gasteiger partial charge on any atom is 0.180 e. The van der Waals surface area contributed by atoms with Crippen LogP contribution < -0.4 is 5.32 Å². The highest BCUT2D eigenvalue weighted by Crippen LogP contribution is 2.37. The Morgan fingerprint density at radius 2 is 2.17 bits per heavy atom. The van der Waals surface area contributed by atoms with Gasteiger partial charge in [0.2, 0.25) is 0 Å². The monoisotopic (exact) mass is 308 g/mol. The second kappa shape index (κ2) is 5.33. The number of aromatic nitrogens is 2. The van der Waals surface area contributed by atoms with Crippen molar-refractivity contribution in [3.8, 4) is 11.1 Å². The van der Waals surface area contributed by atoms with Crippen LogP contribution in [0.3, 0.4) is 0 Å². The summed E-state index contributed by atoms with van der Waals surface area (Å²) in [4.78, 5) is 13.2. The van der Waals surface area contributed by atoms with E-state index in [1.165, 1.54) is 11.1 Å². The maximum absolute atomic E-state index is 5.63. The van der Waals surface area contributed by atoms with Gasteiger partial charge in [-0.25, -0.2) is 15.0 Å². The van der Waals surface area contributed by atoms with E-state index < -0.39 is 0 Å².